The van der Waals surface area contributed by atoms with Crippen molar-refractivity contribution in [3.63, 3.8) is 0 Å². The summed E-state index contributed by atoms with van der Waals surface area (Å²) in [7, 11) is 0. The van der Waals surface area contributed by atoms with E-state index in [2.05, 4.69) is 15.6 Å². The van der Waals surface area contributed by atoms with Crippen LogP contribution in [-0.4, -0.2) is 40.2 Å². The van der Waals surface area contributed by atoms with Crippen LogP contribution in [0.2, 0.25) is 0 Å². The summed E-state index contributed by atoms with van der Waals surface area (Å²) in [5.41, 5.74) is 3.19. The third-order valence-corrected chi connectivity index (χ3v) is 2.99. The van der Waals surface area contributed by atoms with Crippen molar-refractivity contribution in [3.8, 4) is 0 Å². The molecule has 0 saturated heterocycles. The molecule has 0 radical (unpaired) electrons. The summed E-state index contributed by atoms with van der Waals surface area (Å²) < 4.78 is 4.89. The molecular formula is C12H17N5O6S. The fourth-order valence-electron chi connectivity index (χ4n) is 1.38. The average Bonchev–Trinajstić information content (AvgIpc) is 2.89. The second-order valence-electron chi connectivity index (χ2n) is 5.34. The zero-order valence-electron chi connectivity index (χ0n) is 13.1. The van der Waals surface area contributed by atoms with E-state index in [0.717, 1.165) is 11.3 Å². The topological polar surface area (TPSA) is 159 Å². The molecule has 4 amide bonds. The molecule has 1 atom stereocenters. The summed E-state index contributed by atoms with van der Waals surface area (Å²) >= 11 is 0.993. The van der Waals surface area contributed by atoms with Gasteiger partial charge in [-0.15, -0.1) is 11.3 Å². The number of amides is 4. The first-order valence-corrected chi connectivity index (χ1v) is 7.44. The van der Waals surface area contributed by atoms with Crippen molar-refractivity contribution in [2.75, 3.05) is 5.32 Å². The van der Waals surface area contributed by atoms with Crippen LogP contribution in [0.1, 0.15) is 32.5 Å². The molecule has 132 valence electrons. The zero-order chi connectivity index (χ0) is 18.3. The molecule has 12 heteroatoms. The minimum Gasteiger partial charge on any atom is -0.479 e. The number of aliphatic carboxylic acids is 1. The lowest BCUT2D eigenvalue weighted by Gasteiger charge is -2.20. The van der Waals surface area contributed by atoms with Crippen molar-refractivity contribution in [1.82, 2.24) is 21.2 Å². The second-order valence-corrected chi connectivity index (χ2v) is 6.19. The van der Waals surface area contributed by atoms with Crippen LogP contribution in [0.25, 0.3) is 0 Å². The van der Waals surface area contributed by atoms with E-state index in [1.54, 1.807) is 20.8 Å². The van der Waals surface area contributed by atoms with Gasteiger partial charge in [-0.1, -0.05) is 0 Å². The maximum absolute atomic E-state index is 11.7. The van der Waals surface area contributed by atoms with Gasteiger partial charge in [0, 0.05) is 5.38 Å². The summed E-state index contributed by atoms with van der Waals surface area (Å²) in [6, 6.07) is -2.45. The molecule has 1 aromatic rings. The van der Waals surface area contributed by atoms with Crippen molar-refractivity contribution in [2.24, 2.45) is 0 Å². The number of carboxylic acid groups (broad SMARTS) is 1. The highest BCUT2D eigenvalue weighted by molar-refractivity contribution is 7.13. The summed E-state index contributed by atoms with van der Waals surface area (Å²) in [6.45, 7) is 4.92. The van der Waals surface area contributed by atoms with E-state index in [1.165, 1.54) is 5.38 Å². The van der Waals surface area contributed by atoms with E-state index in [-0.39, 0.29) is 10.8 Å². The highest BCUT2D eigenvalue weighted by Crippen LogP contribution is 2.20. The van der Waals surface area contributed by atoms with E-state index < -0.39 is 29.7 Å². The fourth-order valence-corrected chi connectivity index (χ4v) is 2.07. The Morgan fingerprint density at radius 1 is 1.33 bits per heavy atom. The first kappa shape index (κ1) is 19.2. The number of carbonyl (C=O) groups excluding carboxylic acids is 3. The Balaban J connectivity index is 2.61. The van der Waals surface area contributed by atoms with Crippen molar-refractivity contribution >= 4 is 41.0 Å². The number of aromatic nitrogens is 1. The van der Waals surface area contributed by atoms with E-state index in [9.17, 15) is 19.2 Å². The zero-order valence-corrected chi connectivity index (χ0v) is 13.9. The van der Waals surface area contributed by atoms with Crippen molar-refractivity contribution in [1.29, 1.82) is 0 Å². The van der Waals surface area contributed by atoms with Crippen LogP contribution in [0.4, 0.5) is 14.7 Å². The Kier molecular flexibility index (Phi) is 6.47. The quantitative estimate of drug-likeness (QED) is 0.380. The molecule has 1 aromatic heterocycles. The number of nitrogens with one attached hydrogen (secondary N) is 4. The number of anilines is 1. The summed E-state index contributed by atoms with van der Waals surface area (Å²) in [4.78, 5) is 48.5. The number of carbonyl (C=O) groups is 4. The van der Waals surface area contributed by atoms with Crippen LogP contribution < -0.4 is 21.5 Å². The van der Waals surface area contributed by atoms with Crippen LogP contribution >= 0.6 is 11.3 Å². The summed E-state index contributed by atoms with van der Waals surface area (Å²) in [6.07, 6.45) is -0.515. The van der Waals surface area contributed by atoms with Gasteiger partial charge in [-0.3, -0.25) is 4.79 Å². The van der Waals surface area contributed by atoms with Crippen molar-refractivity contribution in [3.05, 3.63) is 11.1 Å². The second kappa shape index (κ2) is 8.10. The lowest BCUT2D eigenvalue weighted by molar-refractivity contribution is -0.139. The third-order valence-electron chi connectivity index (χ3n) is 2.20. The molecule has 1 unspecified atom stereocenters. The molecule has 0 bridgehead atoms. The molecule has 5 N–H and O–H groups in total. The lowest BCUT2D eigenvalue weighted by atomic mass is 10.2. The number of carboxylic acids is 1. The molecule has 1 heterocycles. The van der Waals surface area contributed by atoms with Crippen LogP contribution in [-0.2, 0) is 14.3 Å². The maximum Gasteiger partial charge on any atom is 0.426 e. The van der Waals surface area contributed by atoms with E-state index >= 15 is 0 Å². The molecule has 1 rings (SSSR count). The van der Waals surface area contributed by atoms with Crippen molar-refractivity contribution in [2.45, 2.75) is 32.4 Å². The Morgan fingerprint density at radius 3 is 2.54 bits per heavy atom. The van der Waals surface area contributed by atoms with Crippen LogP contribution in [0.3, 0.4) is 0 Å². The molecule has 0 spiro atoms. The number of urea groups is 1. The normalized spacial score (nSPS) is 11.8. The molecule has 0 saturated carbocycles. The third kappa shape index (κ3) is 6.48. The number of hydrazine groups is 1. The Labute approximate surface area is 140 Å². The van der Waals surface area contributed by atoms with E-state index in [0.29, 0.717) is 6.41 Å². The average molecular weight is 359 g/mol. The minimum atomic E-state index is -1.47. The fraction of sp³-hybridized carbons (Fsp3) is 0.417. The molecule has 0 aliphatic carbocycles. The Bertz CT molecular complexity index is 626. The van der Waals surface area contributed by atoms with Gasteiger partial charge < -0.3 is 20.5 Å². The SMILES string of the molecule is CC(C)(C)OC(=O)NNC(=O)NC(C(=O)O)c1csc(NC=O)n1. The first-order chi connectivity index (χ1) is 11.1. The van der Waals surface area contributed by atoms with Gasteiger partial charge >= 0.3 is 18.1 Å². The Morgan fingerprint density at radius 2 is 2.00 bits per heavy atom. The van der Waals surface area contributed by atoms with Gasteiger partial charge in [-0.25, -0.2) is 30.2 Å². The van der Waals surface area contributed by atoms with Gasteiger partial charge in [-0.05, 0) is 20.8 Å². The van der Waals surface area contributed by atoms with Gasteiger partial charge in [0.2, 0.25) is 6.41 Å². The molecular weight excluding hydrogens is 342 g/mol. The number of hydrogen-bond acceptors (Lipinski definition) is 7. The monoisotopic (exact) mass is 359 g/mol. The molecule has 0 aliphatic heterocycles. The number of rotatable bonds is 5. The van der Waals surface area contributed by atoms with Gasteiger partial charge in [0.25, 0.3) is 0 Å². The van der Waals surface area contributed by atoms with Crippen LogP contribution in [0.5, 0.6) is 0 Å². The Hall–Kier alpha value is -2.89. The highest BCUT2D eigenvalue weighted by Gasteiger charge is 2.25. The summed E-state index contributed by atoms with van der Waals surface area (Å²) in [5.74, 6) is -1.37. The number of ether oxygens (including phenoxy) is 1. The molecule has 11 nitrogen and oxygen atoms in total. The maximum atomic E-state index is 11.7. The van der Waals surface area contributed by atoms with Gasteiger partial charge in [0.15, 0.2) is 11.2 Å². The first-order valence-electron chi connectivity index (χ1n) is 6.56. The molecule has 0 fully saturated rings. The smallest absolute Gasteiger partial charge is 0.426 e. The lowest BCUT2D eigenvalue weighted by Crippen LogP contribution is -2.50. The molecule has 0 aromatic carbocycles. The summed E-state index contributed by atoms with van der Waals surface area (Å²) in [5, 5.41) is 15.1. The minimum absolute atomic E-state index is 0.0178. The molecule has 0 aliphatic rings. The highest BCUT2D eigenvalue weighted by atomic mass is 32.1. The standard InChI is InChI=1S/C12H17N5O6S/c1-12(2,3)23-11(22)17-16-9(21)15-7(8(19)20)6-4-24-10(14-6)13-5-18/h4-5,7H,1-3H3,(H,17,22)(H,19,20)(H,13,14,18)(H2,15,16,21). The largest absolute Gasteiger partial charge is 0.479 e. The van der Waals surface area contributed by atoms with Gasteiger partial charge in [-0.2, -0.15) is 0 Å². The predicted octanol–water partition coefficient (Wildman–Crippen LogP) is 0.576. The predicted molar refractivity (Wildman–Crippen MR) is 83.2 cm³/mol. The number of thiazole rings is 1. The van der Waals surface area contributed by atoms with Crippen LogP contribution in [0, 0.1) is 0 Å². The molecule has 24 heavy (non-hydrogen) atoms. The van der Waals surface area contributed by atoms with Gasteiger partial charge in [0.1, 0.15) is 5.60 Å². The van der Waals surface area contributed by atoms with Crippen molar-refractivity contribution < 1.29 is 29.0 Å². The van der Waals surface area contributed by atoms with Gasteiger partial charge in [0.05, 0.1) is 5.69 Å². The van der Waals surface area contributed by atoms with E-state index in [1.807, 2.05) is 10.9 Å². The van der Waals surface area contributed by atoms with E-state index in [4.69, 9.17) is 9.84 Å². The number of nitrogens with zero attached hydrogens (tertiary/aromatic N) is 1. The van der Waals surface area contributed by atoms with Crippen LogP contribution in [0.15, 0.2) is 5.38 Å². The number of hydrogen-bond donors (Lipinski definition) is 5.